The number of hydrogen-bond donors (Lipinski definition) is 2. The van der Waals surface area contributed by atoms with Crippen LogP contribution in [0.3, 0.4) is 0 Å². The van der Waals surface area contributed by atoms with E-state index in [1.807, 2.05) is 6.08 Å². The number of aliphatic carboxylic acids is 1. The third-order valence-corrected chi connectivity index (χ3v) is 8.46. The Labute approximate surface area is 236 Å². The summed E-state index contributed by atoms with van der Waals surface area (Å²) in [5.41, 5.74) is 2.48. The van der Waals surface area contributed by atoms with Gasteiger partial charge in [-0.3, -0.25) is 28.9 Å². The SMILES string of the molecule is COc1cc(C=C[C@H]2C3=CC[C@@H]4C(=O)N(CCCC(=O)O)C(=O)[C@@H]4[C@@H]3CC3=C2C(=O)C=C(C)C3=O)cc(OC)c1O. The van der Waals surface area contributed by atoms with Crippen molar-refractivity contribution in [1.82, 2.24) is 4.90 Å². The summed E-state index contributed by atoms with van der Waals surface area (Å²) in [6.07, 6.45) is 7.29. The average Bonchev–Trinajstić information content (AvgIpc) is 3.19. The zero-order chi connectivity index (χ0) is 29.6. The predicted octanol–water partition coefficient (Wildman–Crippen LogP) is 3.25. The molecule has 41 heavy (non-hydrogen) atoms. The zero-order valence-electron chi connectivity index (χ0n) is 23.0. The topological polar surface area (TPSA) is 148 Å². The Morgan fingerprint density at radius 2 is 1.76 bits per heavy atom. The maximum atomic E-state index is 13.6. The van der Waals surface area contributed by atoms with E-state index in [4.69, 9.17) is 14.6 Å². The molecular weight excluding hydrogens is 530 g/mol. The van der Waals surface area contributed by atoms with Gasteiger partial charge in [-0.1, -0.05) is 23.8 Å². The van der Waals surface area contributed by atoms with Gasteiger partial charge >= 0.3 is 5.97 Å². The fourth-order valence-electron chi connectivity index (χ4n) is 6.55. The zero-order valence-corrected chi connectivity index (χ0v) is 23.0. The monoisotopic (exact) mass is 561 g/mol. The minimum Gasteiger partial charge on any atom is -0.502 e. The summed E-state index contributed by atoms with van der Waals surface area (Å²) < 4.78 is 10.5. The van der Waals surface area contributed by atoms with Gasteiger partial charge in [-0.2, -0.15) is 0 Å². The first-order valence-corrected chi connectivity index (χ1v) is 13.5. The van der Waals surface area contributed by atoms with Crippen LogP contribution in [0.4, 0.5) is 0 Å². The number of ketones is 2. The highest BCUT2D eigenvalue weighted by molar-refractivity contribution is 6.23. The molecular formula is C31H31NO9. The summed E-state index contributed by atoms with van der Waals surface area (Å²) in [5, 5.41) is 19.3. The number of aromatic hydroxyl groups is 1. The van der Waals surface area contributed by atoms with Crippen molar-refractivity contribution < 1.29 is 43.7 Å². The number of nitrogens with zero attached hydrogens (tertiary/aromatic N) is 1. The molecule has 0 saturated carbocycles. The van der Waals surface area contributed by atoms with Crippen molar-refractivity contribution >= 4 is 35.4 Å². The number of carbonyl (C=O) groups is 5. The lowest BCUT2D eigenvalue weighted by Gasteiger charge is -2.41. The number of carboxylic acids is 1. The molecule has 3 aliphatic carbocycles. The third kappa shape index (κ3) is 4.77. The van der Waals surface area contributed by atoms with Gasteiger partial charge in [-0.25, -0.2) is 0 Å². The third-order valence-electron chi connectivity index (χ3n) is 8.46. The summed E-state index contributed by atoms with van der Waals surface area (Å²) in [7, 11) is 2.83. The molecule has 5 rings (SSSR count). The molecule has 2 N–H and O–H groups in total. The molecule has 0 radical (unpaired) electrons. The molecule has 214 valence electrons. The summed E-state index contributed by atoms with van der Waals surface area (Å²) in [6, 6.07) is 3.22. The first kappa shape index (κ1) is 28.1. The summed E-state index contributed by atoms with van der Waals surface area (Å²) in [5.74, 6) is -4.31. The van der Waals surface area contributed by atoms with Crippen LogP contribution in [-0.4, -0.2) is 65.2 Å². The molecule has 0 bridgehead atoms. The molecule has 2 amide bonds. The maximum absolute atomic E-state index is 13.6. The molecule has 4 aliphatic rings. The van der Waals surface area contributed by atoms with E-state index in [1.165, 1.54) is 20.3 Å². The largest absolute Gasteiger partial charge is 0.502 e. The number of amides is 2. The lowest BCUT2D eigenvalue weighted by atomic mass is 9.60. The molecule has 1 saturated heterocycles. The summed E-state index contributed by atoms with van der Waals surface area (Å²) in [4.78, 5) is 65.6. The van der Waals surface area contributed by atoms with E-state index in [0.717, 1.165) is 10.5 Å². The Kier molecular flexibility index (Phi) is 7.42. The van der Waals surface area contributed by atoms with Gasteiger partial charge in [0.1, 0.15) is 0 Å². The van der Waals surface area contributed by atoms with Crippen molar-refractivity contribution in [2.45, 2.75) is 32.6 Å². The van der Waals surface area contributed by atoms with Gasteiger partial charge in [-0.05, 0) is 55.9 Å². The van der Waals surface area contributed by atoms with Crippen molar-refractivity contribution in [3.63, 3.8) is 0 Å². The Balaban J connectivity index is 1.55. The molecule has 1 aliphatic heterocycles. The molecule has 10 heteroatoms. The molecule has 0 aromatic heterocycles. The molecule has 0 unspecified atom stereocenters. The van der Waals surface area contributed by atoms with Gasteiger partial charge in [0, 0.05) is 35.6 Å². The highest BCUT2D eigenvalue weighted by atomic mass is 16.5. The van der Waals surface area contributed by atoms with Crippen molar-refractivity contribution in [2.24, 2.45) is 23.7 Å². The van der Waals surface area contributed by atoms with Crippen molar-refractivity contribution in [2.75, 3.05) is 20.8 Å². The Bertz CT molecular complexity index is 1470. The number of allylic oxidation sites excluding steroid dienone is 7. The van der Waals surface area contributed by atoms with Gasteiger partial charge in [0.2, 0.25) is 17.6 Å². The van der Waals surface area contributed by atoms with Crippen LogP contribution < -0.4 is 9.47 Å². The lowest BCUT2D eigenvalue weighted by Crippen LogP contribution is -2.40. The number of methoxy groups -OCH3 is 2. The molecule has 1 fully saturated rings. The van der Waals surface area contributed by atoms with Crippen LogP contribution in [0, 0.1) is 23.7 Å². The number of carboxylic acid groups (broad SMARTS) is 1. The number of fused-ring (bicyclic) bond motifs is 3. The lowest BCUT2D eigenvalue weighted by molar-refractivity contribution is -0.142. The van der Waals surface area contributed by atoms with Gasteiger partial charge in [0.25, 0.3) is 0 Å². The number of hydrogen-bond acceptors (Lipinski definition) is 8. The molecule has 10 nitrogen and oxygen atoms in total. The Morgan fingerprint density at radius 1 is 1.07 bits per heavy atom. The standard InChI is InChI=1S/C31H31NO9/c1-15-11-22(33)26-18(7-6-16-12-23(40-2)29(37)24(13-16)41-3)17-8-9-19-27(20(17)14-21(26)28(15)36)31(39)32(30(19)38)10-4-5-25(34)35/h6-8,11-13,18-20,27,37H,4-5,9-10,14H2,1-3H3,(H,34,35)/t18-,19-,20+,27-/m0/s1. The second-order valence-electron chi connectivity index (χ2n) is 10.7. The summed E-state index contributed by atoms with van der Waals surface area (Å²) in [6.45, 7) is 1.62. The molecule has 0 spiro atoms. The van der Waals surface area contributed by atoms with Crippen molar-refractivity contribution in [3.8, 4) is 17.2 Å². The predicted molar refractivity (Wildman–Crippen MR) is 146 cm³/mol. The number of benzene rings is 1. The van der Waals surface area contributed by atoms with Crippen LogP contribution in [0.5, 0.6) is 17.2 Å². The van der Waals surface area contributed by atoms with Crippen LogP contribution in [0.1, 0.15) is 38.2 Å². The van der Waals surface area contributed by atoms with E-state index >= 15 is 0 Å². The average molecular weight is 562 g/mol. The number of rotatable bonds is 8. The van der Waals surface area contributed by atoms with E-state index in [2.05, 4.69) is 0 Å². The fraction of sp³-hybridized carbons (Fsp3) is 0.387. The van der Waals surface area contributed by atoms with E-state index in [-0.39, 0.29) is 66.4 Å². The van der Waals surface area contributed by atoms with Crippen molar-refractivity contribution in [1.29, 1.82) is 0 Å². The normalized spacial score (nSPS) is 25.6. The van der Waals surface area contributed by atoms with E-state index < -0.39 is 29.6 Å². The van der Waals surface area contributed by atoms with Crippen LogP contribution in [0.25, 0.3) is 6.08 Å². The van der Waals surface area contributed by atoms with Gasteiger partial charge < -0.3 is 19.7 Å². The van der Waals surface area contributed by atoms with Gasteiger partial charge in [0.05, 0.1) is 26.1 Å². The molecule has 4 atom stereocenters. The smallest absolute Gasteiger partial charge is 0.303 e. The highest BCUT2D eigenvalue weighted by Crippen LogP contribution is 2.52. The minimum absolute atomic E-state index is 0.0279. The number of ether oxygens (including phenoxy) is 2. The fourth-order valence-corrected chi connectivity index (χ4v) is 6.55. The quantitative estimate of drug-likeness (QED) is 0.277. The first-order chi connectivity index (χ1) is 19.6. The van der Waals surface area contributed by atoms with E-state index in [0.29, 0.717) is 28.7 Å². The van der Waals surface area contributed by atoms with Crippen LogP contribution >= 0.6 is 0 Å². The van der Waals surface area contributed by atoms with Crippen LogP contribution in [0.15, 0.2) is 52.7 Å². The number of carbonyl (C=O) groups excluding carboxylic acids is 4. The number of Topliss-reactive ketones (excluding diaryl/α,β-unsaturated/α-hetero) is 1. The van der Waals surface area contributed by atoms with E-state index in [1.54, 1.807) is 31.2 Å². The summed E-state index contributed by atoms with van der Waals surface area (Å²) >= 11 is 0. The first-order valence-electron chi connectivity index (χ1n) is 13.5. The number of phenolic OH excluding ortho intramolecular Hbond substituents is 1. The second kappa shape index (κ2) is 10.8. The number of phenols is 1. The van der Waals surface area contributed by atoms with Crippen LogP contribution in [0.2, 0.25) is 0 Å². The number of likely N-dealkylation sites (tertiary alicyclic amines) is 1. The minimum atomic E-state index is -1.00. The second-order valence-corrected chi connectivity index (χ2v) is 10.7. The van der Waals surface area contributed by atoms with E-state index in [9.17, 15) is 29.1 Å². The molecule has 1 aromatic carbocycles. The maximum Gasteiger partial charge on any atom is 0.303 e. The molecule has 1 heterocycles. The molecule has 1 aromatic rings. The number of imide groups is 1. The van der Waals surface area contributed by atoms with Gasteiger partial charge in [-0.15, -0.1) is 0 Å². The van der Waals surface area contributed by atoms with Crippen molar-refractivity contribution in [3.05, 3.63) is 58.2 Å². The highest BCUT2D eigenvalue weighted by Gasteiger charge is 2.55. The Morgan fingerprint density at radius 3 is 2.39 bits per heavy atom. The van der Waals surface area contributed by atoms with Gasteiger partial charge in [0.15, 0.2) is 23.1 Å². The Hall–Kier alpha value is -4.47. The van der Waals surface area contributed by atoms with Crippen LogP contribution in [-0.2, 0) is 24.0 Å².